The first kappa shape index (κ1) is 12.4. The van der Waals surface area contributed by atoms with E-state index in [2.05, 4.69) is 10.2 Å². The smallest absolute Gasteiger partial charge is 0.335 e. The van der Waals surface area contributed by atoms with Crippen LogP contribution in [0, 0.1) is 10.1 Å². The number of aromatic carboxylic acids is 1. The number of nitrogens with zero attached hydrogens (tertiary/aromatic N) is 3. The number of hydrogen-bond acceptors (Lipinski definition) is 6. The molecule has 0 bridgehead atoms. The van der Waals surface area contributed by atoms with E-state index < -0.39 is 10.9 Å². The fraction of sp³-hybridized carbons (Fsp3) is 0. The van der Waals surface area contributed by atoms with Gasteiger partial charge in [-0.15, -0.1) is 5.10 Å². The minimum Gasteiger partial charge on any atom is -0.478 e. The lowest BCUT2D eigenvalue weighted by Crippen LogP contribution is -2.00. The van der Waals surface area contributed by atoms with Gasteiger partial charge in [-0.1, -0.05) is 0 Å². The fourth-order valence-corrected chi connectivity index (χ4v) is 1.33. The molecule has 0 unspecified atom stereocenters. The first-order chi connectivity index (χ1) is 9.08. The maximum absolute atomic E-state index is 10.8. The van der Waals surface area contributed by atoms with Gasteiger partial charge in [0.05, 0.1) is 10.5 Å². The molecule has 1 N–H and O–H groups in total. The molecule has 0 amide bonds. The molecular weight excluding hydrogens is 254 g/mol. The van der Waals surface area contributed by atoms with E-state index in [1.165, 1.54) is 18.3 Å². The lowest BCUT2D eigenvalue weighted by atomic mass is 10.2. The Morgan fingerprint density at radius 3 is 2.74 bits per heavy atom. The van der Waals surface area contributed by atoms with Gasteiger partial charge in [0.15, 0.2) is 0 Å². The molecule has 19 heavy (non-hydrogen) atoms. The molecule has 0 aliphatic carbocycles. The van der Waals surface area contributed by atoms with Crippen LogP contribution >= 0.6 is 0 Å². The lowest BCUT2D eigenvalue weighted by molar-refractivity contribution is -0.385. The second-order valence-corrected chi connectivity index (χ2v) is 3.41. The highest BCUT2D eigenvalue weighted by Gasteiger charge is 2.19. The van der Waals surface area contributed by atoms with Gasteiger partial charge in [0.2, 0.25) is 11.6 Å². The Bertz CT molecular complexity index is 629. The maximum atomic E-state index is 10.8. The molecule has 8 heteroatoms. The molecule has 8 nitrogen and oxygen atoms in total. The van der Waals surface area contributed by atoms with Crippen molar-refractivity contribution < 1.29 is 19.6 Å². The van der Waals surface area contributed by atoms with Gasteiger partial charge in [0, 0.05) is 24.4 Å². The third-order valence-corrected chi connectivity index (χ3v) is 2.17. The second kappa shape index (κ2) is 5.08. The van der Waals surface area contributed by atoms with Crippen molar-refractivity contribution in [3.05, 3.63) is 52.2 Å². The Hall–Kier alpha value is -3.03. The Morgan fingerprint density at radius 1 is 1.37 bits per heavy atom. The summed E-state index contributed by atoms with van der Waals surface area (Å²) in [5.74, 6) is -1.38. The molecule has 1 aromatic heterocycles. The number of ether oxygens (including phenoxy) is 1. The number of hydrogen-bond donors (Lipinski definition) is 1. The molecule has 1 heterocycles. The van der Waals surface area contributed by atoms with Gasteiger partial charge in [-0.2, -0.15) is 5.10 Å². The second-order valence-electron chi connectivity index (χ2n) is 3.41. The van der Waals surface area contributed by atoms with Crippen LogP contribution in [0.2, 0.25) is 0 Å². The molecule has 1 aromatic carbocycles. The van der Waals surface area contributed by atoms with Crippen LogP contribution in [0.15, 0.2) is 36.5 Å². The van der Waals surface area contributed by atoms with Crippen LogP contribution in [-0.4, -0.2) is 26.2 Å². The summed E-state index contributed by atoms with van der Waals surface area (Å²) in [6, 6.07) is 6.24. The standard InChI is InChI=1S/C11H7N3O5/c15-11(16)7-3-4-8(14(17)18)9(6-7)19-10-2-1-5-12-13-10/h1-6H,(H,15,16). The van der Waals surface area contributed by atoms with E-state index in [0.29, 0.717) is 0 Å². The average Bonchev–Trinajstić information content (AvgIpc) is 2.39. The number of carboxylic acid groups (broad SMARTS) is 1. The van der Waals surface area contributed by atoms with Crippen LogP contribution < -0.4 is 4.74 Å². The van der Waals surface area contributed by atoms with Gasteiger partial charge in [-0.25, -0.2) is 4.79 Å². The highest BCUT2D eigenvalue weighted by atomic mass is 16.6. The molecule has 0 radical (unpaired) electrons. The van der Waals surface area contributed by atoms with E-state index in [0.717, 1.165) is 18.2 Å². The van der Waals surface area contributed by atoms with Crippen LogP contribution in [0.1, 0.15) is 10.4 Å². The topological polar surface area (TPSA) is 115 Å². The molecule has 0 fully saturated rings. The summed E-state index contributed by atoms with van der Waals surface area (Å²) >= 11 is 0. The van der Waals surface area contributed by atoms with Gasteiger partial charge >= 0.3 is 11.7 Å². The van der Waals surface area contributed by atoms with Gasteiger partial charge < -0.3 is 9.84 Å². The number of benzene rings is 1. The first-order valence-electron chi connectivity index (χ1n) is 5.05. The van der Waals surface area contributed by atoms with Crippen LogP contribution in [0.4, 0.5) is 5.69 Å². The zero-order valence-corrected chi connectivity index (χ0v) is 9.39. The van der Waals surface area contributed by atoms with E-state index in [1.54, 1.807) is 0 Å². The summed E-state index contributed by atoms with van der Waals surface area (Å²) in [6.45, 7) is 0. The molecule has 0 aliphatic rings. The maximum Gasteiger partial charge on any atom is 0.335 e. The predicted octanol–water partition coefficient (Wildman–Crippen LogP) is 1.88. The Kier molecular flexibility index (Phi) is 3.33. The number of aromatic nitrogens is 2. The van der Waals surface area contributed by atoms with E-state index in [-0.39, 0.29) is 22.9 Å². The van der Waals surface area contributed by atoms with Gasteiger partial charge in [-0.05, 0) is 12.1 Å². The van der Waals surface area contributed by atoms with Crippen LogP contribution in [0.25, 0.3) is 0 Å². The zero-order chi connectivity index (χ0) is 13.8. The highest BCUT2D eigenvalue weighted by molar-refractivity contribution is 5.88. The van der Waals surface area contributed by atoms with Crippen LogP contribution in [0.3, 0.4) is 0 Å². The molecular formula is C11H7N3O5. The average molecular weight is 261 g/mol. The van der Waals surface area contributed by atoms with Crippen molar-refractivity contribution in [3.63, 3.8) is 0 Å². The third kappa shape index (κ3) is 2.80. The quantitative estimate of drug-likeness (QED) is 0.659. The van der Waals surface area contributed by atoms with Crippen LogP contribution in [-0.2, 0) is 0 Å². The van der Waals surface area contributed by atoms with Crippen molar-refractivity contribution in [3.8, 4) is 11.6 Å². The van der Waals surface area contributed by atoms with E-state index >= 15 is 0 Å². The Labute approximate surface area is 106 Å². The summed E-state index contributed by atoms with van der Waals surface area (Å²) in [7, 11) is 0. The first-order valence-corrected chi connectivity index (χ1v) is 5.05. The molecule has 0 atom stereocenters. The molecule has 0 spiro atoms. The number of carbonyl (C=O) groups is 1. The van der Waals surface area contributed by atoms with Crippen LogP contribution in [0.5, 0.6) is 11.6 Å². The van der Waals surface area contributed by atoms with Crippen molar-refractivity contribution in [1.82, 2.24) is 10.2 Å². The summed E-state index contributed by atoms with van der Waals surface area (Å²) in [4.78, 5) is 21.0. The van der Waals surface area contributed by atoms with Gasteiger partial charge in [0.25, 0.3) is 0 Å². The summed E-state index contributed by atoms with van der Waals surface area (Å²) in [6.07, 6.45) is 1.41. The molecule has 0 saturated carbocycles. The highest BCUT2D eigenvalue weighted by Crippen LogP contribution is 2.31. The van der Waals surface area contributed by atoms with Crippen molar-refractivity contribution >= 4 is 11.7 Å². The van der Waals surface area contributed by atoms with E-state index in [9.17, 15) is 14.9 Å². The fourth-order valence-electron chi connectivity index (χ4n) is 1.33. The summed E-state index contributed by atoms with van der Waals surface area (Å²) < 4.78 is 5.18. The number of rotatable bonds is 4. The molecule has 2 rings (SSSR count). The van der Waals surface area contributed by atoms with Crippen molar-refractivity contribution in [2.75, 3.05) is 0 Å². The van der Waals surface area contributed by atoms with E-state index in [4.69, 9.17) is 9.84 Å². The largest absolute Gasteiger partial charge is 0.478 e. The number of nitro benzene ring substituents is 1. The normalized spacial score (nSPS) is 9.89. The predicted molar refractivity (Wildman–Crippen MR) is 62.2 cm³/mol. The monoisotopic (exact) mass is 261 g/mol. The van der Waals surface area contributed by atoms with Crippen molar-refractivity contribution in [2.45, 2.75) is 0 Å². The van der Waals surface area contributed by atoms with E-state index in [1.807, 2.05) is 0 Å². The van der Waals surface area contributed by atoms with Crippen molar-refractivity contribution in [1.29, 1.82) is 0 Å². The summed E-state index contributed by atoms with van der Waals surface area (Å²) in [5.41, 5.74) is -0.472. The minimum absolute atomic E-state index is 0.0353. The van der Waals surface area contributed by atoms with Gasteiger partial charge in [0.1, 0.15) is 0 Å². The number of nitro groups is 1. The Balaban J connectivity index is 2.43. The number of carboxylic acids is 1. The molecule has 96 valence electrons. The molecule has 0 aliphatic heterocycles. The summed E-state index contributed by atoms with van der Waals surface area (Å²) in [5, 5.41) is 26.8. The molecule has 2 aromatic rings. The van der Waals surface area contributed by atoms with Crippen molar-refractivity contribution in [2.24, 2.45) is 0 Å². The zero-order valence-electron chi connectivity index (χ0n) is 9.39. The minimum atomic E-state index is -1.21. The molecule has 0 saturated heterocycles. The van der Waals surface area contributed by atoms with Gasteiger partial charge in [-0.3, -0.25) is 10.1 Å². The Morgan fingerprint density at radius 2 is 2.16 bits per heavy atom. The lowest BCUT2D eigenvalue weighted by Gasteiger charge is -2.05. The third-order valence-electron chi connectivity index (χ3n) is 2.17. The SMILES string of the molecule is O=C(O)c1ccc([N+](=O)[O-])c(Oc2cccnn2)c1.